The second-order valence-electron chi connectivity index (χ2n) is 2.67. The van der Waals surface area contributed by atoms with E-state index < -0.39 is 0 Å². The Morgan fingerprint density at radius 3 is 1.30 bits per heavy atom. The summed E-state index contributed by atoms with van der Waals surface area (Å²) in [4.78, 5) is 20.0. The van der Waals surface area contributed by atoms with E-state index in [1.807, 2.05) is 0 Å². The van der Waals surface area contributed by atoms with Crippen molar-refractivity contribution in [2.24, 2.45) is 10.4 Å². The lowest BCUT2D eigenvalue weighted by Crippen LogP contribution is -2.18. The van der Waals surface area contributed by atoms with Crippen molar-refractivity contribution < 1.29 is 0 Å². The quantitative estimate of drug-likeness (QED) is 0.552. The van der Waals surface area contributed by atoms with E-state index in [-0.39, 0.29) is 12.1 Å². The van der Waals surface area contributed by atoms with Gasteiger partial charge in [0.25, 0.3) is 0 Å². The highest BCUT2D eigenvalue weighted by Gasteiger charge is 2.21. The van der Waals surface area contributed by atoms with Crippen LogP contribution in [0, 0.1) is 9.81 Å². The van der Waals surface area contributed by atoms with E-state index in [1.54, 1.807) is 0 Å². The molecule has 0 saturated heterocycles. The van der Waals surface area contributed by atoms with Crippen molar-refractivity contribution in [2.45, 2.75) is 37.8 Å². The minimum absolute atomic E-state index is 0.0574. The van der Waals surface area contributed by atoms with E-state index >= 15 is 0 Å². The van der Waals surface area contributed by atoms with E-state index in [4.69, 9.17) is 0 Å². The minimum atomic E-state index is -0.0574. The van der Waals surface area contributed by atoms with Gasteiger partial charge < -0.3 is 0 Å². The number of hydrogen-bond donors (Lipinski definition) is 0. The molecule has 0 aliphatic heterocycles. The van der Waals surface area contributed by atoms with Crippen molar-refractivity contribution in [3.63, 3.8) is 0 Å². The Kier molecular flexibility index (Phi) is 2.48. The highest BCUT2D eigenvalue weighted by atomic mass is 16.3. The van der Waals surface area contributed by atoms with Gasteiger partial charge in [0, 0.05) is 0 Å². The van der Waals surface area contributed by atoms with Crippen LogP contribution in [0.4, 0.5) is 0 Å². The summed E-state index contributed by atoms with van der Waals surface area (Å²) in [5.41, 5.74) is 0. The van der Waals surface area contributed by atoms with E-state index in [1.165, 1.54) is 0 Å². The summed E-state index contributed by atoms with van der Waals surface area (Å²) in [5.74, 6) is 0. The zero-order chi connectivity index (χ0) is 7.40. The van der Waals surface area contributed by atoms with Crippen molar-refractivity contribution in [2.75, 3.05) is 0 Å². The molecule has 0 atom stereocenters. The molecule has 56 valence electrons. The third-order valence-electron chi connectivity index (χ3n) is 1.96. The maximum Gasteiger partial charge on any atom is 0.0921 e. The molecule has 1 rings (SSSR count). The van der Waals surface area contributed by atoms with Crippen LogP contribution in [0.25, 0.3) is 0 Å². The fourth-order valence-corrected chi connectivity index (χ4v) is 1.27. The van der Waals surface area contributed by atoms with Gasteiger partial charge in [-0.05, 0) is 25.7 Å². The molecule has 0 aromatic rings. The van der Waals surface area contributed by atoms with Crippen LogP contribution in [0.3, 0.4) is 0 Å². The molecule has 1 aliphatic carbocycles. The maximum absolute atomic E-state index is 10.00. The Morgan fingerprint density at radius 2 is 1.10 bits per heavy atom. The van der Waals surface area contributed by atoms with Gasteiger partial charge in [0.05, 0.1) is 12.1 Å². The van der Waals surface area contributed by atoms with E-state index in [9.17, 15) is 9.81 Å². The average molecular weight is 142 g/mol. The Labute approximate surface area is 58.9 Å². The first-order valence-corrected chi connectivity index (χ1v) is 3.51. The van der Waals surface area contributed by atoms with Crippen LogP contribution in [0.15, 0.2) is 10.4 Å². The Morgan fingerprint density at radius 1 is 0.800 bits per heavy atom. The molecule has 4 nitrogen and oxygen atoms in total. The van der Waals surface area contributed by atoms with Crippen LogP contribution in [0.2, 0.25) is 0 Å². The first-order valence-electron chi connectivity index (χ1n) is 3.51. The van der Waals surface area contributed by atoms with Crippen molar-refractivity contribution in [3.8, 4) is 0 Å². The van der Waals surface area contributed by atoms with Crippen molar-refractivity contribution in [1.82, 2.24) is 0 Å². The van der Waals surface area contributed by atoms with Gasteiger partial charge in [-0.2, -0.15) is 9.81 Å². The van der Waals surface area contributed by atoms with E-state index in [0.29, 0.717) is 0 Å². The lowest BCUT2D eigenvalue weighted by atomic mass is 9.92. The molecule has 10 heavy (non-hydrogen) atoms. The smallest absolute Gasteiger partial charge is 0.0921 e. The first kappa shape index (κ1) is 7.31. The second-order valence-corrected chi connectivity index (χ2v) is 2.67. The molecule has 0 radical (unpaired) electrons. The number of rotatable bonds is 2. The van der Waals surface area contributed by atoms with Crippen LogP contribution >= 0.6 is 0 Å². The number of nitrogens with zero attached hydrogens (tertiary/aromatic N) is 2. The largest absolute Gasteiger partial charge is 0.151 e. The topological polar surface area (TPSA) is 58.9 Å². The summed E-state index contributed by atoms with van der Waals surface area (Å²) in [7, 11) is 0. The van der Waals surface area contributed by atoms with Crippen LogP contribution in [0.5, 0.6) is 0 Å². The van der Waals surface area contributed by atoms with E-state index in [0.717, 1.165) is 25.7 Å². The van der Waals surface area contributed by atoms with Crippen LogP contribution in [-0.2, 0) is 0 Å². The van der Waals surface area contributed by atoms with Gasteiger partial charge in [-0.25, -0.2) is 0 Å². The maximum atomic E-state index is 10.00. The van der Waals surface area contributed by atoms with Gasteiger partial charge >= 0.3 is 0 Å². The zero-order valence-electron chi connectivity index (χ0n) is 5.69. The van der Waals surface area contributed by atoms with Gasteiger partial charge in [0.2, 0.25) is 0 Å². The normalized spacial score (nSPS) is 33.2. The van der Waals surface area contributed by atoms with Gasteiger partial charge in [0.15, 0.2) is 0 Å². The zero-order valence-corrected chi connectivity index (χ0v) is 5.69. The fourth-order valence-electron chi connectivity index (χ4n) is 1.27. The minimum Gasteiger partial charge on any atom is -0.151 e. The third kappa shape index (κ3) is 1.59. The summed E-state index contributed by atoms with van der Waals surface area (Å²) < 4.78 is 0. The number of hydrogen-bond acceptors (Lipinski definition) is 4. The molecule has 0 amide bonds. The lowest BCUT2D eigenvalue weighted by molar-refractivity contribution is 0.394. The fraction of sp³-hybridized carbons (Fsp3) is 1.00. The number of nitroso groups, excluding NO2 is 2. The molecule has 0 unspecified atom stereocenters. The van der Waals surface area contributed by atoms with Gasteiger partial charge in [-0.3, -0.25) is 0 Å². The SMILES string of the molecule is O=NC1CCC(N=O)CC1. The summed E-state index contributed by atoms with van der Waals surface area (Å²) >= 11 is 0. The van der Waals surface area contributed by atoms with Gasteiger partial charge in [-0.1, -0.05) is 10.4 Å². The summed E-state index contributed by atoms with van der Waals surface area (Å²) in [6.07, 6.45) is 2.94. The highest BCUT2D eigenvalue weighted by molar-refractivity contribution is 4.79. The monoisotopic (exact) mass is 142 g/mol. The first-order chi connectivity index (χ1) is 4.86. The Balaban J connectivity index is 2.30. The second kappa shape index (κ2) is 3.39. The van der Waals surface area contributed by atoms with Crippen LogP contribution in [0.1, 0.15) is 25.7 Å². The van der Waals surface area contributed by atoms with Crippen LogP contribution < -0.4 is 0 Å². The molecular formula is C6H10N2O2. The molecule has 0 N–H and O–H groups in total. The van der Waals surface area contributed by atoms with Crippen LogP contribution in [-0.4, -0.2) is 12.1 Å². The molecule has 0 aromatic heterocycles. The Hall–Kier alpha value is -0.800. The molecule has 0 bridgehead atoms. The van der Waals surface area contributed by atoms with Crippen molar-refractivity contribution in [1.29, 1.82) is 0 Å². The summed E-state index contributed by atoms with van der Waals surface area (Å²) in [6.45, 7) is 0. The molecule has 1 fully saturated rings. The van der Waals surface area contributed by atoms with Gasteiger partial charge in [0.1, 0.15) is 0 Å². The predicted molar refractivity (Wildman–Crippen MR) is 37.6 cm³/mol. The molecular weight excluding hydrogens is 132 g/mol. The third-order valence-corrected chi connectivity index (χ3v) is 1.96. The van der Waals surface area contributed by atoms with Gasteiger partial charge in [-0.15, -0.1) is 0 Å². The predicted octanol–water partition coefficient (Wildman–Crippen LogP) is 1.83. The highest BCUT2D eigenvalue weighted by Crippen LogP contribution is 2.22. The molecule has 0 spiro atoms. The van der Waals surface area contributed by atoms with Crippen molar-refractivity contribution in [3.05, 3.63) is 9.81 Å². The van der Waals surface area contributed by atoms with E-state index in [2.05, 4.69) is 10.4 Å². The summed E-state index contributed by atoms with van der Waals surface area (Å²) in [5, 5.41) is 5.85. The molecule has 4 heteroatoms. The Bertz CT molecular complexity index is 114. The molecule has 0 aromatic carbocycles. The lowest BCUT2D eigenvalue weighted by Gasteiger charge is -2.18. The standard InChI is InChI=1S/C6H10N2O2/c9-7-5-1-2-6(8-10)4-3-5/h5-6H,1-4H2. The molecule has 1 aliphatic rings. The molecule has 1 saturated carbocycles. The molecule has 0 heterocycles. The van der Waals surface area contributed by atoms with Crippen molar-refractivity contribution >= 4 is 0 Å². The average Bonchev–Trinajstić information content (AvgIpc) is 2.05. The summed E-state index contributed by atoms with van der Waals surface area (Å²) in [6, 6.07) is -0.115.